The normalized spacial score (nSPS) is 13.2. The molecule has 2 aromatic carbocycles. The van der Waals surface area contributed by atoms with Crippen LogP contribution in [-0.4, -0.2) is 0 Å². The first-order valence-electron chi connectivity index (χ1n) is 5.79. The molecule has 2 aromatic rings. The Hall–Kier alpha value is -2.08. The van der Waals surface area contributed by atoms with Gasteiger partial charge in [0.15, 0.2) is 0 Å². The van der Waals surface area contributed by atoms with Crippen LogP contribution in [0.25, 0.3) is 21.9 Å². The summed E-state index contributed by atoms with van der Waals surface area (Å²) in [7, 11) is 0. The summed E-state index contributed by atoms with van der Waals surface area (Å²) in [6.07, 6.45) is 1.94. The Labute approximate surface area is 102 Å². The second-order valence-electron chi connectivity index (χ2n) is 4.48. The van der Waals surface area contributed by atoms with Crippen molar-refractivity contribution in [2.24, 2.45) is 0 Å². The van der Waals surface area contributed by atoms with Gasteiger partial charge in [-0.3, -0.25) is 0 Å². The third kappa shape index (κ3) is 1.24. The lowest BCUT2D eigenvalue weighted by Crippen LogP contribution is -1.83. The predicted octanol–water partition coefficient (Wildman–Crippen LogP) is 4.83. The van der Waals surface area contributed by atoms with E-state index in [-0.39, 0.29) is 0 Å². The van der Waals surface area contributed by atoms with Gasteiger partial charge in [0.05, 0.1) is 0 Å². The number of benzene rings is 2. The lowest BCUT2D eigenvalue weighted by atomic mass is 9.99. The lowest BCUT2D eigenvalue weighted by Gasteiger charge is -2.05. The minimum absolute atomic E-state index is 1.10. The van der Waals surface area contributed by atoms with Crippen molar-refractivity contribution < 1.29 is 0 Å². The standard InChI is InChI=1S/C17H14/c1-4-13-14-9-5-7-12-8-6-10-15(17(12)14)16(13)11(2)3/h4-10H,1-2H2,3H3. The molecule has 3 rings (SSSR count). The summed E-state index contributed by atoms with van der Waals surface area (Å²) in [5.74, 6) is 0. The van der Waals surface area contributed by atoms with Crippen molar-refractivity contribution in [3.8, 4) is 0 Å². The van der Waals surface area contributed by atoms with E-state index in [1.54, 1.807) is 0 Å². The molecule has 0 spiro atoms. The van der Waals surface area contributed by atoms with Crippen molar-refractivity contribution in [3.63, 3.8) is 0 Å². The molecule has 0 amide bonds. The maximum Gasteiger partial charge on any atom is -0.00263 e. The van der Waals surface area contributed by atoms with Crippen molar-refractivity contribution in [2.75, 3.05) is 0 Å². The van der Waals surface area contributed by atoms with Gasteiger partial charge in [-0.05, 0) is 45.5 Å². The third-order valence-corrected chi connectivity index (χ3v) is 3.36. The molecule has 0 N–H and O–H groups in total. The minimum Gasteiger partial charge on any atom is -0.0984 e. The van der Waals surface area contributed by atoms with Gasteiger partial charge in [0, 0.05) is 0 Å². The highest BCUT2D eigenvalue weighted by molar-refractivity contribution is 6.18. The van der Waals surface area contributed by atoms with Gasteiger partial charge in [0.2, 0.25) is 0 Å². The summed E-state index contributed by atoms with van der Waals surface area (Å²) >= 11 is 0. The molecular formula is C17H14. The van der Waals surface area contributed by atoms with Gasteiger partial charge in [-0.15, -0.1) is 0 Å². The summed E-state index contributed by atoms with van der Waals surface area (Å²) in [6, 6.07) is 12.9. The molecule has 0 saturated carbocycles. The van der Waals surface area contributed by atoms with Crippen molar-refractivity contribution in [1.82, 2.24) is 0 Å². The molecule has 0 aromatic heterocycles. The molecule has 1 aliphatic rings. The number of hydrogen-bond acceptors (Lipinski definition) is 0. The molecule has 1 aliphatic carbocycles. The smallest absolute Gasteiger partial charge is 0.00263 e. The molecule has 0 bridgehead atoms. The SMILES string of the molecule is C=CC1=C(C(=C)C)c2cccc3cccc1c23. The second-order valence-corrected chi connectivity index (χ2v) is 4.48. The van der Waals surface area contributed by atoms with E-state index in [0.717, 1.165) is 5.57 Å². The highest BCUT2D eigenvalue weighted by Crippen LogP contribution is 2.44. The fourth-order valence-electron chi connectivity index (χ4n) is 2.73. The first-order chi connectivity index (χ1) is 8.24. The van der Waals surface area contributed by atoms with E-state index < -0.39 is 0 Å². The summed E-state index contributed by atoms with van der Waals surface area (Å²) in [5.41, 5.74) is 6.13. The van der Waals surface area contributed by atoms with E-state index in [4.69, 9.17) is 0 Å². The van der Waals surface area contributed by atoms with Crippen LogP contribution in [0.1, 0.15) is 18.1 Å². The molecule has 0 fully saturated rings. The molecule has 82 valence electrons. The van der Waals surface area contributed by atoms with E-state index in [0.29, 0.717) is 0 Å². The average molecular weight is 218 g/mol. The fourth-order valence-corrected chi connectivity index (χ4v) is 2.73. The first kappa shape index (κ1) is 10.1. The molecule has 17 heavy (non-hydrogen) atoms. The molecule has 0 saturated heterocycles. The lowest BCUT2D eigenvalue weighted by molar-refractivity contribution is 1.57. The molecule has 0 atom stereocenters. The van der Waals surface area contributed by atoms with Crippen molar-refractivity contribution in [2.45, 2.75) is 6.92 Å². The van der Waals surface area contributed by atoms with E-state index in [2.05, 4.69) is 56.5 Å². The Morgan fingerprint density at radius 2 is 1.71 bits per heavy atom. The molecule has 0 aliphatic heterocycles. The van der Waals surface area contributed by atoms with Crippen LogP contribution in [-0.2, 0) is 0 Å². The van der Waals surface area contributed by atoms with Crippen molar-refractivity contribution >= 4 is 21.9 Å². The Bertz CT molecular complexity index is 679. The zero-order chi connectivity index (χ0) is 12.0. The van der Waals surface area contributed by atoms with Gasteiger partial charge in [-0.2, -0.15) is 0 Å². The molecule has 0 heteroatoms. The third-order valence-electron chi connectivity index (χ3n) is 3.36. The molecule has 0 radical (unpaired) electrons. The highest BCUT2D eigenvalue weighted by Gasteiger charge is 2.21. The van der Waals surface area contributed by atoms with Gasteiger partial charge in [-0.25, -0.2) is 0 Å². The highest BCUT2D eigenvalue weighted by atomic mass is 14.2. The summed E-state index contributed by atoms with van der Waals surface area (Å²) < 4.78 is 0. The summed E-state index contributed by atoms with van der Waals surface area (Å²) in [5, 5.41) is 2.62. The van der Waals surface area contributed by atoms with Crippen LogP contribution in [0, 0.1) is 0 Å². The molecule has 0 heterocycles. The minimum atomic E-state index is 1.10. The summed E-state index contributed by atoms with van der Waals surface area (Å²) in [6.45, 7) is 10.1. The van der Waals surface area contributed by atoms with Crippen LogP contribution in [0.4, 0.5) is 0 Å². The number of hydrogen-bond donors (Lipinski definition) is 0. The first-order valence-corrected chi connectivity index (χ1v) is 5.79. The monoisotopic (exact) mass is 218 g/mol. The van der Waals surface area contributed by atoms with E-state index >= 15 is 0 Å². The Morgan fingerprint density at radius 1 is 1.06 bits per heavy atom. The van der Waals surface area contributed by atoms with Crippen LogP contribution in [0.5, 0.6) is 0 Å². The van der Waals surface area contributed by atoms with Crippen LogP contribution in [0.15, 0.2) is 61.2 Å². The quantitative estimate of drug-likeness (QED) is 0.677. The second kappa shape index (κ2) is 3.46. The average Bonchev–Trinajstić information content (AvgIpc) is 2.66. The van der Waals surface area contributed by atoms with Gasteiger partial charge in [0.25, 0.3) is 0 Å². The zero-order valence-electron chi connectivity index (χ0n) is 9.96. The summed E-state index contributed by atoms with van der Waals surface area (Å²) in [4.78, 5) is 0. The van der Waals surface area contributed by atoms with Gasteiger partial charge < -0.3 is 0 Å². The topological polar surface area (TPSA) is 0 Å². The van der Waals surface area contributed by atoms with E-state index in [1.165, 1.54) is 33.0 Å². The van der Waals surface area contributed by atoms with Crippen LogP contribution in [0.3, 0.4) is 0 Å². The predicted molar refractivity (Wildman–Crippen MR) is 75.8 cm³/mol. The Morgan fingerprint density at radius 3 is 2.29 bits per heavy atom. The fraction of sp³-hybridized carbons (Fsp3) is 0.0588. The Kier molecular flexibility index (Phi) is 2.05. The van der Waals surface area contributed by atoms with Gasteiger partial charge in [-0.1, -0.05) is 55.6 Å². The van der Waals surface area contributed by atoms with Gasteiger partial charge >= 0.3 is 0 Å². The number of rotatable bonds is 2. The van der Waals surface area contributed by atoms with Crippen molar-refractivity contribution in [1.29, 1.82) is 0 Å². The van der Waals surface area contributed by atoms with E-state index in [9.17, 15) is 0 Å². The van der Waals surface area contributed by atoms with Crippen molar-refractivity contribution in [3.05, 3.63) is 72.3 Å². The number of allylic oxidation sites excluding steroid dienone is 4. The molecule has 0 nitrogen and oxygen atoms in total. The van der Waals surface area contributed by atoms with Crippen LogP contribution < -0.4 is 0 Å². The Balaban J connectivity index is 2.51. The molecule has 0 unspecified atom stereocenters. The van der Waals surface area contributed by atoms with Gasteiger partial charge in [0.1, 0.15) is 0 Å². The molecular weight excluding hydrogens is 204 g/mol. The maximum atomic E-state index is 4.10. The van der Waals surface area contributed by atoms with Crippen LogP contribution >= 0.6 is 0 Å². The van der Waals surface area contributed by atoms with E-state index in [1.807, 2.05) is 6.08 Å². The maximum absolute atomic E-state index is 4.10. The van der Waals surface area contributed by atoms with Crippen LogP contribution in [0.2, 0.25) is 0 Å². The largest absolute Gasteiger partial charge is 0.0984 e. The zero-order valence-corrected chi connectivity index (χ0v) is 9.96.